The molecule has 0 radical (unpaired) electrons. The lowest BCUT2D eigenvalue weighted by Crippen LogP contribution is -2.59. The highest BCUT2D eigenvalue weighted by Gasteiger charge is 2.46. The predicted molar refractivity (Wildman–Crippen MR) is 46.4 cm³/mol. The zero-order chi connectivity index (χ0) is 12.5. The highest BCUT2D eigenvalue weighted by Crippen LogP contribution is 2.23. The minimum absolute atomic E-state index is 0.726. The highest BCUT2D eigenvalue weighted by molar-refractivity contribution is 7.80. The van der Waals surface area contributed by atoms with Gasteiger partial charge in [-0.15, -0.1) is 0 Å². The predicted octanol–water partition coefficient (Wildman–Crippen LogP) is -3.39. The second-order valence-electron chi connectivity index (χ2n) is 3.22. The first-order valence-electron chi connectivity index (χ1n) is 4.22. The third-order valence-corrected chi connectivity index (χ3v) is 2.54. The van der Waals surface area contributed by atoms with Crippen molar-refractivity contribution in [2.45, 2.75) is 30.7 Å². The fraction of sp³-hybridized carbons (Fsp3) is 1.00. The molecule has 0 aromatic heterocycles. The van der Waals surface area contributed by atoms with Crippen molar-refractivity contribution in [3.8, 4) is 0 Å². The van der Waals surface area contributed by atoms with Gasteiger partial charge in [-0.2, -0.15) is 8.42 Å². The average Bonchev–Trinajstić information content (AvgIpc) is 2.17. The number of rotatable bonds is 3. The first kappa shape index (κ1) is 13.7. The van der Waals surface area contributed by atoms with Crippen molar-refractivity contribution >= 4 is 10.4 Å². The molecule has 1 aliphatic rings. The van der Waals surface area contributed by atoms with Gasteiger partial charge in [0.2, 0.25) is 0 Å². The summed E-state index contributed by atoms with van der Waals surface area (Å²) in [5, 5.41) is 36.5. The summed E-state index contributed by atoms with van der Waals surface area (Å²) in [5.41, 5.74) is 0. The van der Waals surface area contributed by atoms with Gasteiger partial charge in [0.1, 0.15) is 24.4 Å². The lowest BCUT2D eigenvalue weighted by molar-refractivity contribution is -0.282. The van der Waals surface area contributed by atoms with Crippen LogP contribution in [0.4, 0.5) is 0 Å². The molecular weight excluding hydrogens is 248 g/mol. The van der Waals surface area contributed by atoms with Gasteiger partial charge in [0.05, 0.1) is 6.61 Å². The Balaban J connectivity index is 2.85. The van der Waals surface area contributed by atoms with Gasteiger partial charge in [-0.05, 0) is 0 Å². The molecule has 10 heteroatoms. The highest BCUT2D eigenvalue weighted by atomic mass is 32.3. The van der Waals surface area contributed by atoms with E-state index in [-0.39, 0.29) is 0 Å². The largest absolute Gasteiger partial charge is 0.397 e. The Kier molecular flexibility index (Phi) is 4.20. The monoisotopic (exact) mass is 260 g/mol. The molecule has 1 fully saturated rings. The Bertz CT molecular complexity index is 327. The van der Waals surface area contributed by atoms with E-state index in [0.717, 1.165) is 0 Å². The zero-order valence-electron chi connectivity index (χ0n) is 7.87. The molecule has 0 aliphatic carbocycles. The van der Waals surface area contributed by atoms with E-state index in [4.69, 9.17) is 14.8 Å². The lowest BCUT2D eigenvalue weighted by Gasteiger charge is -2.38. The van der Waals surface area contributed by atoms with E-state index in [0.29, 0.717) is 0 Å². The van der Waals surface area contributed by atoms with Crippen LogP contribution in [-0.2, 0) is 19.3 Å². The Hall–Kier alpha value is -0.330. The van der Waals surface area contributed by atoms with Gasteiger partial charge in [0.25, 0.3) is 0 Å². The summed E-state index contributed by atoms with van der Waals surface area (Å²) < 4.78 is 37.8. The summed E-state index contributed by atoms with van der Waals surface area (Å²) >= 11 is 0. The number of hydrogen-bond donors (Lipinski definition) is 5. The van der Waals surface area contributed by atoms with Crippen LogP contribution in [0.15, 0.2) is 0 Å². The third kappa shape index (κ3) is 3.09. The van der Waals surface area contributed by atoms with Crippen LogP contribution < -0.4 is 0 Å². The first-order valence-corrected chi connectivity index (χ1v) is 5.59. The van der Waals surface area contributed by atoms with Gasteiger partial charge in [-0.1, -0.05) is 0 Å². The number of ether oxygens (including phenoxy) is 1. The van der Waals surface area contributed by atoms with Crippen LogP contribution in [-0.4, -0.2) is 70.7 Å². The van der Waals surface area contributed by atoms with Crippen molar-refractivity contribution in [2.24, 2.45) is 0 Å². The van der Waals surface area contributed by atoms with Gasteiger partial charge < -0.3 is 25.2 Å². The van der Waals surface area contributed by atoms with E-state index < -0.39 is 47.7 Å². The summed E-state index contributed by atoms with van der Waals surface area (Å²) in [6.45, 7) is -0.726. The molecule has 5 atom stereocenters. The molecule has 0 amide bonds. The van der Waals surface area contributed by atoms with Gasteiger partial charge in [-0.25, -0.2) is 4.18 Å². The second kappa shape index (κ2) is 4.89. The molecule has 0 saturated carbocycles. The standard InChI is InChI=1S/C6H12O9S/c7-1-2-3(8)5(15-16(11,12)13)4(9)6(10)14-2/h2-10H,1H2,(H,11,12,13)/t2-,3-,4-,5+,6+/m1/s1. The minimum atomic E-state index is -4.91. The Morgan fingerprint density at radius 1 is 1.19 bits per heavy atom. The fourth-order valence-corrected chi connectivity index (χ4v) is 1.83. The van der Waals surface area contributed by atoms with Crippen LogP contribution in [0.2, 0.25) is 0 Å². The maximum atomic E-state index is 10.4. The lowest BCUT2D eigenvalue weighted by atomic mass is 9.99. The first-order chi connectivity index (χ1) is 7.26. The maximum Gasteiger partial charge on any atom is 0.397 e. The Morgan fingerprint density at radius 2 is 1.75 bits per heavy atom. The molecule has 1 heterocycles. The van der Waals surface area contributed by atoms with Crippen LogP contribution in [0.3, 0.4) is 0 Å². The summed E-state index contributed by atoms with van der Waals surface area (Å²) in [6.07, 6.45) is -8.58. The molecule has 5 N–H and O–H groups in total. The van der Waals surface area contributed by atoms with E-state index in [1.807, 2.05) is 0 Å². The Labute approximate surface area is 90.8 Å². The molecule has 0 spiro atoms. The topological polar surface area (TPSA) is 154 Å². The number of aliphatic hydroxyl groups is 4. The summed E-state index contributed by atoms with van der Waals surface area (Å²) in [4.78, 5) is 0. The van der Waals surface area contributed by atoms with Crippen molar-refractivity contribution in [2.75, 3.05) is 6.61 Å². The summed E-state index contributed by atoms with van der Waals surface area (Å²) in [5.74, 6) is 0. The van der Waals surface area contributed by atoms with Crippen LogP contribution in [0.1, 0.15) is 0 Å². The van der Waals surface area contributed by atoms with E-state index in [9.17, 15) is 18.6 Å². The normalized spacial score (nSPS) is 40.9. The molecule has 1 saturated heterocycles. The third-order valence-electron chi connectivity index (χ3n) is 2.07. The van der Waals surface area contributed by atoms with Crippen molar-refractivity contribution < 1.29 is 42.3 Å². The van der Waals surface area contributed by atoms with E-state index >= 15 is 0 Å². The molecule has 16 heavy (non-hydrogen) atoms. The molecule has 96 valence electrons. The van der Waals surface area contributed by atoms with Crippen molar-refractivity contribution in [3.63, 3.8) is 0 Å². The molecule has 1 rings (SSSR count). The minimum Gasteiger partial charge on any atom is -0.394 e. The van der Waals surface area contributed by atoms with Gasteiger partial charge in [0, 0.05) is 0 Å². The molecule has 0 unspecified atom stereocenters. The summed E-state index contributed by atoms with van der Waals surface area (Å²) in [6, 6.07) is 0. The molecule has 9 nitrogen and oxygen atoms in total. The van der Waals surface area contributed by atoms with Crippen LogP contribution in [0.25, 0.3) is 0 Å². The summed E-state index contributed by atoms with van der Waals surface area (Å²) in [7, 11) is -4.91. The average molecular weight is 260 g/mol. The van der Waals surface area contributed by atoms with Gasteiger partial charge in [-0.3, -0.25) is 4.55 Å². The SMILES string of the molecule is O=S(=O)(O)O[C@@H]1[C@@H](O)[C@@H](O)O[C@H](CO)[C@H]1O. The fourth-order valence-electron chi connectivity index (χ4n) is 1.32. The van der Waals surface area contributed by atoms with E-state index in [1.54, 1.807) is 0 Å². The van der Waals surface area contributed by atoms with Gasteiger partial charge in [0.15, 0.2) is 6.29 Å². The Morgan fingerprint density at radius 3 is 2.19 bits per heavy atom. The van der Waals surface area contributed by atoms with Crippen LogP contribution in [0.5, 0.6) is 0 Å². The van der Waals surface area contributed by atoms with Crippen LogP contribution in [0, 0.1) is 0 Å². The van der Waals surface area contributed by atoms with E-state index in [1.165, 1.54) is 0 Å². The molecule has 1 aliphatic heterocycles. The molecule has 0 aromatic carbocycles. The quantitative estimate of drug-likeness (QED) is 0.327. The molecule has 0 aromatic rings. The smallest absolute Gasteiger partial charge is 0.394 e. The van der Waals surface area contributed by atoms with Crippen molar-refractivity contribution in [1.29, 1.82) is 0 Å². The second-order valence-corrected chi connectivity index (χ2v) is 4.27. The van der Waals surface area contributed by atoms with Crippen molar-refractivity contribution in [3.05, 3.63) is 0 Å². The maximum absolute atomic E-state index is 10.4. The van der Waals surface area contributed by atoms with E-state index in [2.05, 4.69) is 8.92 Å². The number of hydrogen-bond acceptors (Lipinski definition) is 8. The molecule has 0 bridgehead atoms. The van der Waals surface area contributed by atoms with Crippen LogP contribution >= 0.6 is 0 Å². The zero-order valence-corrected chi connectivity index (χ0v) is 8.69. The van der Waals surface area contributed by atoms with Gasteiger partial charge >= 0.3 is 10.4 Å². The number of aliphatic hydroxyl groups excluding tert-OH is 4. The molecular formula is C6H12O9S. The van der Waals surface area contributed by atoms with Crippen molar-refractivity contribution in [1.82, 2.24) is 0 Å².